The molecule has 2 bridgehead atoms. The average molecular weight is 356 g/mol. The Bertz CT molecular complexity index is 659. The van der Waals surface area contributed by atoms with Crippen LogP contribution < -0.4 is 15.5 Å². The Morgan fingerprint density at radius 2 is 1.92 bits per heavy atom. The second-order valence-electron chi connectivity index (χ2n) is 7.63. The predicted octanol–water partition coefficient (Wildman–Crippen LogP) is 0.995. The number of benzene rings is 1. The second kappa shape index (κ2) is 8.49. The number of fused-ring (bicyclic) bond motifs is 2. The fourth-order valence-corrected chi connectivity index (χ4v) is 4.57. The average Bonchev–Trinajstić information content (AvgIpc) is 2.61. The number of rotatable bonds is 6. The van der Waals surface area contributed by atoms with Crippen molar-refractivity contribution in [1.29, 1.82) is 0 Å². The van der Waals surface area contributed by atoms with Crippen molar-refractivity contribution in [3.63, 3.8) is 0 Å². The molecule has 2 heterocycles. The molecule has 0 aliphatic carbocycles. The van der Waals surface area contributed by atoms with Crippen LogP contribution >= 0.6 is 0 Å². The van der Waals surface area contributed by atoms with E-state index in [1.54, 1.807) is 6.08 Å². The van der Waals surface area contributed by atoms with E-state index in [4.69, 9.17) is 0 Å². The maximum absolute atomic E-state index is 12.6. The van der Waals surface area contributed by atoms with Crippen LogP contribution in [-0.4, -0.2) is 43.0 Å². The Labute approximate surface area is 155 Å². The molecule has 3 N–H and O–H groups in total. The third-order valence-electron chi connectivity index (χ3n) is 5.83. The lowest BCUT2D eigenvalue weighted by atomic mass is 9.81. The highest BCUT2D eigenvalue weighted by Gasteiger charge is 2.43. The van der Waals surface area contributed by atoms with E-state index in [0.717, 1.165) is 36.8 Å². The van der Waals surface area contributed by atoms with Gasteiger partial charge in [-0.15, -0.1) is 6.58 Å². The van der Waals surface area contributed by atoms with Gasteiger partial charge in [-0.1, -0.05) is 24.3 Å². The molecule has 3 rings (SSSR count). The predicted molar refractivity (Wildman–Crippen MR) is 102 cm³/mol. The van der Waals surface area contributed by atoms with Gasteiger partial charge in [-0.2, -0.15) is 0 Å². The highest BCUT2D eigenvalue weighted by atomic mass is 16.2. The normalized spacial score (nSPS) is 27.4. The molecule has 0 spiro atoms. The summed E-state index contributed by atoms with van der Waals surface area (Å²) in [5.41, 5.74) is 1.77. The Hall–Kier alpha value is -2.14. The topological polar surface area (TPSA) is 62.6 Å². The summed E-state index contributed by atoms with van der Waals surface area (Å²) >= 11 is 0. The molecule has 26 heavy (non-hydrogen) atoms. The lowest BCUT2D eigenvalue weighted by molar-refractivity contribution is -0.953. The zero-order chi connectivity index (χ0) is 18.5. The van der Waals surface area contributed by atoms with Crippen LogP contribution in [0.15, 0.2) is 36.9 Å². The quantitative estimate of drug-likeness (QED) is 0.666. The van der Waals surface area contributed by atoms with Crippen molar-refractivity contribution in [2.75, 3.05) is 13.1 Å². The first-order chi connectivity index (χ1) is 12.6. The number of carbonyl (C=O) groups is 2. The van der Waals surface area contributed by atoms with Gasteiger partial charge in [0.05, 0.1) is 12.1 Å². The van der Waals surface area contributed by atoms with E-state index in [0.29, 0.717) is 25.2 Å². The molecule has 2 aliphatic rings. The molecule has 5 nitrogen and oxygen atoms in total. The van der Waals surface area contributed by atoms with Crippen molar-refractivity contribution in [1.82, 2.24) is 10.6 Å². The van der Waals surface area contributed by atoms with Crippen molar-refractivity contribution >= 4 is 11.8 Å². The molecule has 2 unspecified atom stereocenters. The minimum absolute atomic E-state index is 0.0262. The van der Waals surface area contributed by atoms with Crippen molar-refractivity contribution < 1.29 is 14.5 Å². The van der Waals surface area contributed by atoms with Crippen molar-refractivity contribution in [2.24, 2.45) is 0 Å². The third-order valence-corrected chi connectivity index (χ3v) is 5.83. The molecular formula is C21H30N3O2+. The van der Waals surface area contributed by atoms with Gasteiger partial charge in [0.25, 0.3) is 11.8 Å². The van der Waals surface area contributed by atoms with E-state index >= 15 is 0 Å². The third kappa shape index (κ3) is 4.33. The first kappa shape index (κ1) is 18.6. The molecule has 2 saturated heterocycles. The maximum atomic E-state index is 12.6. The van der Waals surface area contributed by atoms with E-state index in [2.05, 4.69) is 17.2 Å². The van der Waals surface area contributed by atoms with Crippen LogP contribution in [0.1, 0.15) is 48.0 Å². The van der Waals surface area contributed by atoms with E-state index < -0.39 is 0 Å². The maximum Gasteiger partial charge on any atom is 0.275 e. The van der Waals surface area contributed by atoms with Gasteiger partial charge in [0, 0.05) is 31.0 Å². The van der Waals surface area contributed by atoms with Gasteiger partial charge in [-0.3, -0.25) is 9.59 Å². The number of hydrogen-bond acceptors (Lipinski definition) is 2. The molecule has 0 radical (unpaired) electrons. The Kier molecular flexibility index (Phi) is 6.09. The number of amides is 2. The van der Waals surface area contributed by atoms with Gasteiger partial charge in [0.1, 0.15) is 0 Å². The van der Waals surface area contributed by atoms with Crippen molar-refractivity contribution in [2.45, 2.75) is 57.2 Å². The van der Waals surface area contributed by atoms with Gasteiger partial charge in [-0.05, 0) is 37.8 Å². The number of carbonyl (C=O) groups excluding carboxylic acids is 2. The Morgan fingerprint density at radius 1 is 1.23 bits per heavy atom. The minimum atomic E-state index is 0.0262. The number of aryl methyl sites for hydroxylation is 1. The minimum Gasteiger partial charge on any atom is -0.349 e. The first-order valence-corrected chi connectivity index (χ1v) is 9.68. The molecular weight excluding hydrogens is 326 g/mol. The van der Waals surface area contributed by atoms with Gasteiger partial charge in [0.15, 0.2) is 6.54 Å². The zero-order valence-corrected chi connectivity index (χ0v) is 15.6. The highest BCUT2D eigenvalue weighted by molar-refractivity contribution is 5.95. The molecule has 0 saturated carbocycles. The molecule has 4 atom stereocenters. The van der Waals surface area contributed by atoms with E-state index in [1.807, 2.05) is 31.2 Å². The van der Waals surface area contributed by atoms with Crippen LogP contribution in [0.25, 0.3) is 0 Å². The fourth-order valence-electron chi connectivity index (χ4n) is 4.57. The van der Waals surface area contributed by atoms with Crippen LogP contribution in [0.4, 0.5) is 0 Å². The zero-order valence-electron chi connectivity index (χ0n) is 15.6. The standard InChI is InChI=1S/C21H29N3O2/c1-3-11-22-20(25)14-24-17-8-6-9-18(24)13-16(12-17)23-21(26)19-10-5-4-7-15(19)2/h3-5,7,10,16-18H,1,6,8-9,11-14H2,2H3,(H,22,25)(H,23,26)/p+1/t16?,17-,18+. The van der Waals surface area contributed by atoms with Crippen LogP contribution in [-0.2, 0) is 4.79 Å². The van der Waals surface area contributed by atoms with Crippen LogP contribution in [0, 0.1) is 6.92 Å². The molecule has 2 amide bonds. The number of piperidine rings is 2. The lowest BCUT2D eigenvalue weighted by Gasteiger charge is -2.45. The SMILES string of the molecule is C=CCNC(=O)C[NH+]1[C@@H]2CCC[C@H]1CC(NC(=O)c1ccccc1C)C2. The number of hydrogen-bond donors (Lipinski definition) is 3. The summed E-state index contributed by atoms with van der Waals surface area (Å²) in [5.74, 6) is 0.123. The van der Waals surface area contributed by atoms with Crippen molar-refractivity contribution in [3.05, 3.63) is 48.0 Å². The highest BCUT2D eigenvalue weighted by Crippen LogP contribution is 2.22. The Morgan fingerprint density at radius 3 is 2.58 bits per heavy atom. The summed E-state index contributed by atoms with van der Waals surface area (Å²) in [4.78, 5) is 26.2. The molecule has 1 aromatic carbocycles. The summed E-state index contributed by atoms with van der Waals surface area (Å²) in [7, 11) is 0. The smallest absolute Gasteiger partial charge is 0.275 e. The van der Waals surface area contributed by atoms with E-state index in [1.165, 1.54) is 11.3 Å². The molecule has 140 valence electrons. The number of quaternary nitrogens is 1. The van der Waals surface area contributed by atoms with Gasteiger partial charge in [-0.25, -0.2) is 0 Å². The monoisotopic (exact) mass is 356 g/mol. The fraction of sp³-hybridized carbons (Fsp3) is 0.524. The van der Waals surface area contributed by atoms with E-state index in [-0.39, 0.29) is 17.9 Å². The summed E-state index contributed by atoms with van der Waals surface area (Å²) < 4.78 is 0. The summed E-state index contributed by atoms with van der Waals surface area (Å²) in [6, 6.07) is 8.84. The van der Waals surface area contributed by atoms with Crippen LogP contribution in [0.2, 0.25) is 0 Å². The van der Waals surface area contributed by atoms with Crippen LogP contribution in [0.3, 0.4) is 0 Å². The Balaban J connectivity index is 1.60. The molecule has 0 aromatic heterocycles. The summed E-state index contributed by atoms with van der Waals surface area (Å²) in [5, 5.41) is 6.14. The summed E-state index contributed by atoms with van der Waals surface area (Å²) in [6.45, 7) is 6.67. The number of nitrogens with one attached hydrogen (secondary N) is 3. The van der Waals surface area contributed by atoms with Gasteiger partial charge < -0.3 is 15.5 Å². The molecule has 1 aromatic rings. The van der Waals surface area contributed by atoms with Crippen LogP contribution in [0.5, 0.6) is 0 Å². The largest absolute Gasteiger partial charge is 0.349 e. The van der Waals surface area contributed by atoms with Gasteiger partial charge in [0.2, 0.25) is 0 Å². The lowest BCUT2D eigenvalue weighted by Crippen LogP contribution is -3.22. The summed E-state index contributed by atoms with van der Waals surface area (Å²) in [6.07, 6.45) is 7.12. The van der Waals surface area contributed by atoms with Gasteiger partial charge >= 0.3 is 0 Å². The molecule has 2 aliphatic heterocycles. The van der Waals surface area contributed by atoms with Crippen molar-refractivity contribution in [3.8, 4) is 0 Å². The second-order valence-corrected chi connectivity index (χ2v) is 7.63. The molecule has 2 fully saturated rings. The molecule has 5 heteroatoms. The first-order valence-electron chi connectivity index (χ1n) is 9.68. The van der Waals surface area contributed by atoms with E-state index in [9.17, 15) is 9.59 Å².